The number of hydrogen-bond donors (Lipinski definition) is 1. The zero-order valence-corrected chi connectivity index (χ0v) is 16.1. The van der Waals surface area contributed by atoms with Gasteiger partial charge >= 0.3 is 5.97 Å². The van der Waals surface area contributed by atoms with E-state index in [1.165, 1.54) is 0 Å². The number of carboxylic acid groups (broad SMARTS) is 1. The normalized spacial score (nSPS) is 14.7. The van der Waals surface area contributed by atoms with Gasteiger partial charge in [0.2, 0.25) is 0 Å². The Hall–Kier alpha value is -3.34. The summed E-state index contributed by atoms with van der Waals surface area (Å²) in [6, 6.07) is 18.8. The molecule has 0 aliphatic carbocycles. The van der Waals surface area contributed by atoms with Crippen molar-refractivity contribution in [2.75, 3.05) is 13.1 Å². The van der Waals surface area contributed by atoms with Crippen LogP contribution in [0.1, 0.15) is 39.3 Å². The van der Waals surface area contributed by atoms with Gasteiger partial charge in [0.05, 0.1) is 11.8 Å². The Labute approximate surface area is 169 Å². The molecule has 0 unspecified atom stereocenters. The van der Waals surface area contributed by atoms with Gasteiger partial charge in [-0.1, -0.05) is 48.5 Å². The van der Waals surface area contributed by atoms with Gasteiger partial charge < -0.3 is 14.4 Å². The molecule has 148 valence electrons. The first kappa shape index (κ1) is 19.0. The second kappa shape index (κ2) is 8.35. The second-order valence-corrected chi connectivity index (χ2v) is 7.43. The van der Waals surface area contributed by atoms with E-state index in [2.05, 4.69) is 0 Å². The zero-order valence-electron chi connectivity index (χ0n) is 16.1. The molecule has 1 aromatic heterocycles. The van der Waals surface area contributed by atoms with E-state index in [4.69, 9.17) is 4.42 Å². The number of hydrogen-bond acceptors (Lipinski definition) is 3. The van der Waals surface area contributed by atoms with Gasteiger partial charge in [0.15, 0.2) is 5.76 Å². The Kier molecular flexibility index (Phi) is 5.47. The van der Waals surface area contributed by atoms with Gasteiger partial charge in [-0.3, -0.25) is 4.79 Å². The smallest absolute Gasteiger partial charge is 0.335 e. The zero-order chi connectivity index (χ0) is 20.2. The van der Waals surface area contributed by atoms with Crippen LogP contribution in [-0.2, 0) is 6.42 Å². The van der Waals surface area contributed by atoms with Gasteiger partial charge in [0, 0.05) is 18.7 Å². The Morgan fingerprint density at radius 1 is 0.966 bits per heavy atom. The van der Waals surface area contributed by atoms with Crippen LogP contribution in [0.5, 0.6) is 0 Å². The van der Waals surface area contributed by atoms with Crippen molar-refractivity contribution in [2.45, 2.75) is 19.3 Å². The minimum absolute atomic E-state index is 0.0850. The van der Waals surface area contributed by atoms with Crippen LogP contribution in [-0.4, -0.2) is 35.0 Å². The third-order valence-electron chi connectivity index (χ3n) is 5.60. The van der Waals surface area contributed by atoms with Gasteiger partial charge in [0.1, 0.15) is 0 Å². The molecule has 0 bridgehead atoms. The molecule has 5 heteroatoms. The van der Waals surface area contributed by atoms with E-state index in [9.17, 15) is 14.7 Å². The van der Waals surface area contributed by atoms with Crippen molar-refractivity contribution in [1.29, 1.82) is 0 Å². The summed E-state index contributed by atoms with van der Waals surface area (Å²) in [5.74, 6) is -0.228. The van der Waals surface area contributed by atoms with Crippen LogP contribution in [0.25, 0.3) is 11.1 Å². The molecule has 2 aromatic carbocycles. The van der Waals surface area contributed by atoms with Crippen LogP contribution in [0.4, 0.5) is 0 Å². The molecule has 3 aromatic rings. The maximum absolute atomic E-state index is 13.0. The molecule has 0 radical (unpaired) electrons. The molecule has 2 heterocycles. The van der Waals surface area contributed by atoms with Gasteiger partial charge in [0.25, 0.3) is 5.91 Å². The van der Waals surface area contributed by atoms with E-state index >= 15 is 0 Å². The van der Waals surface area contributed by atoms with Crippen LogP contribution in [0, 0.1) is 5.92 Å². The number of carbonyl (C=O) groups excluding carboxylic acids is 1. The summed E-state index contributed by atoms with van der Waals surface area (Å²) >= 11 is 0. The average molecular weight is 389 g/mol. The lowest BCUT2D eigenvalue weighted by molar-refractivity contribution is 0.0659. The van der Waals surface area contributed by atoms with Gasteiger partial charge in [-0.25, -0.2) is 4.79 Å². The van der Waals surface area contributed by atoms with Crippen molar-refractivity contribution in [3.8, 4) is 11.1 Å². The molecular formula is C24H23NO4. The largest absolute Gasteiger partial charge is 0.478 e. The molecule has 1 N–H and O–H groups in total. The fraction of sp³-hybridized carbons (Fsp3) is 0.250. The van der Waals surface area contributed by atoms with E-state index in [1.807, 2.05) is 53.4 Å². The summed E-state index contributed by atoms with van der Waals surface area (Å²) in [5.41, 5.74) is 3.01. The van der Waals surface area contributed by atoms with E-state index in [0.29, 0.717) is 30.3 Å². The third-order valence-corrected chi connectivity index (χ3v) is 5.60. The molecule has 0 saturated carbocycles. The summed E-state index contributed by atoms with van der Waals surface area (Å²) in [4.78, 5) is 26.3. The summed E-state index contributed by atoms with van der Waals surface area (Å²) in [5, 5.41) is 9.37. The van der Waals surface area contributed by atoms with E-state index in [-0.39, 0.29) is 5.91 Å². The van der Waals surface area contributed by atoms with Crippen LogP contribution >= 0.6 is 0 Å². The molecular weight excluding hydrogens is 366 g/mol. The lowest BCUT2D eigenvalue weighted by atomic mass is 9.88. The van der Waals surface area contributed by atoms with Crippen LogP contribution in [0.3, 0.4) is 0 Å². The van der Waals surface area contributed by atoms with Gasteiger partial charge in [-0.05, 0) is 48.4 Å². The number of nitrogens with zero attached hydrogens (tertiary/aromatic N) is 1. The summed E-state index contributed by atoms with van der Waals surface area (Å²) in [7, 11) is 0. The average Bonchev–Trinajstić information content (AvgIpc) is 3.24. The van der Waals surface area contributed by atoms with Crippen molar-refractivity contribution in [3.63, 3.8) is 0 Å². The predicted molar refractivity (Wildman–Crippen MR) is 110 cm³/mol. The SMILES string of the molecule is O=C(O)c1ccccc1CC1CCN(C(=O)c2occc2-c2ccccc2)CC1. The molecule has 1 fully saturated rings. The fourth-order valence-corrected chi connectivity index (χ4v) is 4.02. The van der Waals surface area contributed by atoms with Crippen molar-refractivity contribution in [3.05, 3.63) is 83.8 Å². The summed E-state index contributed by atoms with van der Waals surface area (Å²) in [6.45, 7) is 1.29. The van der Waals surface area contributed by atoms with E-state index in [0.717, 1.165) is 36.0 Å². The standard InChI is InChI=1S/C24H23NO4/c26-23(22-20(12-15-29-22)18-6-2-1-3-7-18)25-13-10-17(11-14-25)16-19-8-4-5-9-21(19)24(27)28/h1-9,12,15,17H,10-11,13-14,16H2,(H,27,28). The molecule has 1 saturated heterocycles. The molecule has 1 amide bonds. The number of carbonyl (C=O) groups is 2. The third kappa shape index (κ3) is 4.09. The fourth-order valence-electron chi connectivity index (χ4n) is 4.02. The number of piperidine rings is 1. The Morgan fingerprint density at radius 2 is 1.66 bits per heavy atom. The number of benzene rings is 2. The molecule has 0 atom stereocenters. The van der Waals surface area contributed by atoms with Crippen molar-refractivity contribution in [1.82, 2.24) is 4.90 Å². The van der Waals surface area contributed by atoms with Gasteiger partial charge in [-0.15, -0.1) is 0 Å². The van der Waals surface area contributed by atoms with Crippen molar-refractivity contribution < 1.29 is 19.1 Å². The first-order valence-corrected chi connectivity index (χ1v) is 9.87. The highest BCUT2D eigenvalue weighted by Gasteiger charge is 2.28. The van der Waals surface area contributed by atoms with Crippen LogP contribution in [0.2, 0.25) is 0 Å². The molecule has 1 aliphatic heterocycles. The highest BCUT2D eigenvalue weighted by molar-refractivity contribution is 5.98. The number of aromatic carboxylic acids is 1. The monoisotopic (exact) mass is 389 g/mol. The van der Waals surface area contributed by atoms with E-state index in [1.54, 1.807) is 18.4 Å². The molecule has 1 aliphatic rings. The number of amides is 1. The lowest BCUT2D eigenvalue weighted by Gasteiger charge is -2.32. The summed E-state index contributed by atoms with van der Waals surface area (Å²) < 4.78 is 5.54. The summed E-state index contributed by atoms with van der Waals surface area (Å²) in [6.07, 6.45) is 3.98. The topological polar surface area (TPSA) is 70.8 Å². The lowest BCUT2D eigenvalue weighted by Crippen LogP contribution is -2.39. The number of likely N-dealkylation sites (tertiary alicyclic amines) is 1. The minimum Gasteiger partial charge on any atom is -0.478 e. The minimum atomic E-state index is -0.889. The Morgan fingerprint density at radius 3 is 2.38 bits per heavy atom. The van der Waals surface area contributed by atoms with Gasteiger partial charge in [-0.2, -0.15) is 0 Å². The highest BCUT2D eigenvalue weighted by Crippen LogP contribution is 2.29. The Bertz CT molecular complexity index is 1000. The van der Waals surface area contributed by atoms with Crippen LogP contribution < -0.4 is 0 Å². The molecule has 4 rings (SSSR count). The first-order valence-electron chi connectivity index (χ1n) is 9.87. The van der Waals surface area contributed by atoms with Crippen LogP contribution in [0.15, 0.2) is 71.3 Å². The first-order chi connectivity index (χ1) is 14.1. The maximum atomic E-state index is 13.0. The number of carboxylic acids is 1. The number of rotatable bonds is 5. The van der Waals surface area contributed by atoms with E-state index < -0.39 is 5.97 Å². The maximum Gasteiger partial charge on any atom is 0.335 e. The molecule has 29 heavy (non-hydrogen) atoms. The molecule has 0 spiro atoms. The predicted octanol–water partition coefficient (Wildman–Crippen LogP) is 4.74. The highest BCUT2D eigenvalue weighted by atomic mass is 16.4. The van der Waals surface area contributed by atoms with Crippen molar-refractivity contribution >= 4 is 11.9 Å². The molecule has 5 nitrogen and oxygen atoms in total. The number of furan rings is 1. The Balaban J connectivity index is 1.42. The van der Waals surface area contributed by atoms with Crippen molar-refractivity contribution in [2.24, 2.45) is 5.92 Å². The second-order valence-electron chi connectivity index (χ2n) is 7.43. The quantitative estimate of drug-likeness (QED) is 0.684.